The molecule has 1 fully saturated rings. The average Bonchev–Trinajstić information content (AvgIpc) is 2.95. The van der Waals surface area contributed by atoms with E-state index in [-0.39, 0.29) is 11.4 Å². The Bertz CT molecular complexity index is 979. The van der Waals surface area contributed by atoms with Crippen LogP contribution in [0.3, 0.4) is 0 Å². The van der Waals surface area contributed by atoms with Crippen LogP contribution in [0.5, 0.6) is 11.5 Å². The molecule has 0 spiro atoms. The van der Waals surface area contributed by atoms with Gasteiger partial charge >= 0.3 is 0 Å². The quantitative estimate of drug-likeness (QED) is 0.354. The second-order valence-electron chi connectivity index (χ2n) is 6.24. The van der Waals surface area contributed by atoms with Crippen molar-refractivity contribution in [3.8, 4) is 11.5 Å². The van der Waals surface area contributed by atoms with Gasteiger partial charge in [0.25, 0.3) is 11.1 Å². The fraction of sp³-hybridized carbons (Fsp3) is 0.238. The highest BCUT2D eigenvalue weighted by atomic mass is 127. The zero-order chi connectivity index (χ0) is 21.0. The lowest BCUT2D eigenvalue weighted by molar-refractivity contribution is -0.123. The third-order valence-corrected chi connectivity index (χ3v) is 5.87. The Morgan fingerprint density at radius 3 is 2.69 bits per heavy atom. The third-order valence-electron chi connectivity index (χ3n) is 4.16. The number of carbonyl (C=O) groups is 2. The van der Waals surface area contributed by atoms with Crippen LogP contribution < -0.4 is 9.47 Å². The highest BCUT2D eigenvalue weighted by Gasteiger charge is 2.35. The molecule has 152 valence electrons. The van der Waals surface area contributed by atoms with Gasteiger partial charge in [-0.15, -0.1) is 0 Å². The van der Waals surface area contributed by atoms with Crippen LogP contribution in [0.2, 0.25) is 0 Å². The van der Waals surface area contributed by atoms with Crippen molar-refractivity contribution in [1.82, 2.24) is 4.90 Å². The maximum Gasteiger partial charge on any atom is 0.293 e. The van der Waals surface area contributed by atoms with E-state index in [1.807, 2.05) is 13.0 Å². The van der Waals surface area contributed by atoms with E-state index in [1.54, 1.807) is 37.5 Å². The molecule has 0 saturated carbocycles. The first-order chi connectivity index (χ1) is 13.9. The van der Waals surface area contributed by atoms with E-state index in [4.69, 9.17) is 9.47 Å². The summed E-state index contributed by atoms with van der Waals surface area (Å²) in [7, 11) is 1.55. The molecule has 0 radical (unpaired) electrons. The fourth-order valence-corrected chi connectivity index (χ4v) is 4.37. The molecule has 1 heterocycles. The molecule has 2 aromatic rings. The molecular weight excluding hydrogens is 508 g/mol. The summed E-state index contributed by atoms with van der Waals surface area (Å²) in [6.45, 7) is 2.49. The normalized spacial score (nSPS) is 15.3. The van der Waals surface area contributed by atoms with Crippen molar-refractivity contribution >= 4 is 51.6 Å². The Labute approximate surface area is 186 Å². The molecule has 0 unspecified atom stereocenters. The van der Waals surface area contributed by atoms with Crippen molar-refractivity contribution < 1.29 is 23.5 Å². The van der Waals surface area contributed by atoms with Gasteiger partial charge in [0, 0.05) is 5.56 Å². The molecule has 2 amide bonds. The van der Waals surface area contributed by atoms with Crippen molar-refractivity contribution in [3.63, 3.8) is 0 Å². The number of nitrogens with zero attached hydrogens (tertiary/aromatic N) is 1. The van der Waals surface area contributed by atoms with Gasteiger partial charge in [0.1, 0.15) is 5.82 Å². The largest absolute Gasteiger partial charge is 0.493 e. The summed E-state index contributed by atoms with van der Waals surface area (Å²) in [5, 5.41) is -0.422. The standard InChI is InChI=1S/C21H19FINO4S/c1-3-8-28-19-16(23)9-13(10-17(19)27-2)11-18-20(25)24(21(26)29-18)12-14-6-4-5-7-15(14)22/h4-7,9-11H,3,8,12H2,1-2H3/b18-11-. The Balaban J connectivity index is 1.85. The molecule has 2 aromatic carbocycles. The Morgan fingerprint density at radius 2 is 2.00 bits per heavy atom. The Morgan fingerprint density at radius 1 is 1.24 bits per heavy atom. The first kappa shape index (κ1) is 21.6. The molecule has 5 nitrogen and oxygen atoms in total. The van der Waals surface area contributed by atoms with Gasteiger partial charge in [-0.05, 0) is 70.6 Å². The van der Waals surface area contributed by atoms with Crippen LogP contribution in [0.4, 0.5) is 9.18 Å². The topological polar surface area (TPSA) is 55.8 Å². The zero-order valence-electron chi connectivity index (χ0n) is 15.9. The van der Waals surface area contributed by atoms with Crippen LogP contribution in [0, 0.1) is 9.39 Å². The minimum absolute atomic E-state index is 0.0979. The van der Waals surface area contributed by atoms with E-state index in [2.05, 4.69) is 22.6 Å². The second-order valence-corrected chi connectivity index (χ2v) is 8.40. The maximum absolute atomic E-state index is 13.9. The fourth-order valence-electron chi connectivity index (χ4n) is 2.75. The highest BCUT2D eigenvalue weighted by molar-refractivity contribution is 14.1. The molecule has 1 saturated heterocycles. The molecule has 29 heavy (non-hydrogen) atoms. The van der Waals surface area contributed by atoms with Gasteiger partial charge < -0.3 is 9.47 Å². The van der Waals surface area contributed by atoms with E-state index in [1.165, 1.54) is 6.07 Å². The summed E-state index contributed by atoms with van der Waals surface area (Å²) >= 11 is 2.99. The Hall–Kier alpha value is -2.07. The number of imide groups is 1. The lowest BCUT2D eigenvalue weighted by Gasteiger charge is -2.13. The molecule has 0 aromatic heterocycles. The molecule has 0 atom stereocenters. The van der Waals surface area contributed by atoms with Crippen LogP contribution in [0.15, 0.2) is 41.3 Å². The monoisotopic (exact) mass is 527 g/mol. The maximum atomic E-state index is 13.9. The number of methoxy groups -OCH3 is 1. The summed E-state index contributed by atoms with van der Waals surface area (Å²) in [5.74, 6) is 0.322. The molecule has 1 aliphatic rings. The molecule has 0 N–H and O–H groups in total. The molecule has 3 rings (SSSR count). The summed E-state index contributed by atoms with van der Waals surface area (Å²) in [5.41, 5.74) is 1.01. The average molecular weight is 527 g/mol. The summed E-state index contributed by atoms with van der Waals surface area (Å²) in [4.78, 5) is 26.4. The van der Waals surface area contributed by atoms with Crippen LogP contribution in [0.25, 0.3) is 6.08 Å². The number of benzene rings is 2. The van der Waals surface area contributed by atoms with E-state index < -0.39 is 17.0 Å². The van der Waals surface area contributed by atoms with Crippen LogP contribution in [0.1, 0.15) is 24.5 Å². The summed E-state index contributed by atoms with van der Waals surface area (Å²) in [6, 6.07) is 9.72. The predicted octanol–water partition coefficient (Wildman–Crippen LogP) is 5.46. The number of carbonyl (C=O) groups excluding carboxylic acids is 2. The first-order valence-electron chi connectivity index (χ1n) is 8.93. The number of halogens is 2. The lowest BCUT2D eigenvalue weighted by atomic mass is 10.1. The third kappa shape index (κ3) is 4.92. The number of hydrogen-bond donors (Lipinski definition) is 0. The van der Waals surface area contributed by atoms with Crippen molar-refractivity contribution in [2.24, 2.45) is 0 Å². The number of amides is 2. The van der Waals surface area contributed by atoms with E-state index in [0.29, 0.717) is 29.2 Å². The predicted molar refractivity (Wildman–Crippen MR) is 119 cm³/mol. The molecule has 8 heteroatoms. The van der Waals surface area contributed by atoms with Crippen molar-refractivity contribution in [2.45, 2.75) is 19.9 Å². The van der Waals surface area contributed by atoms with Gasteiger partial charge in [-0.2, -0.15) is 0 Å². The summed E-state index contributed by atoms with van der Waals surface area (Å²) < 4.78 is 25.9. The van der Waals surface area contributed by atoms with E-state index in [0.717, 1.165) is 26.7 Å². The van der Waals surface area contributed by atoms with Gasteiger partial charge in [-0.3, -0.25) is 14.5 Å². The van der Waals surface area contributed by atoms with Gasteiger partial charge in [-0.1, -0.05) is 25.1 Å². The number of ether oxygens (including phenoxy) is 2. The van der Waals surface area contributed by atoms with Crippen molar-refractivity contribution in [2.75, 3.05) is 13.7 Å². The van der Waals surface area contributed by atoms with E-state index in [9.17, 15) is 14.0 Å². The van der Waals surface area contributed by atoms with E-state index >= 15 is 0 Å². The number of thioether (sulfide) groups is 1. The zero-order valence-corrected chi connectivity index (χ0v) is 18.9. The smallest absolute Gasteiger partial charge is 0.293 e. The molecule has 0 aliphatic carbocycles. The van der Waals surface area contributed by atoms with Crippen molar-refractivity contribution in [1.29, 1.82) is 0 Å². The lowest BCUT2D eigenvalue weighted by Crippen LogP contribution is -2.27. The minimum Gasteiger partial charge on any atom is -0.493 e. The summed E-state index contributed by atoms with van der Waals surface area (Å²) in [6.07, 6.45) is 2.51. The van der Waals surface area contributed by atoms with Crippen molar-refractivity contribution in [3.05, 3.63) is 61.8 Å². The molecule has 0 bridgehead atoms. The van der Waals surface area contributed by atoms with Gasteiger partial charge in [0.05, 0.1) is 28.7 Å². The van der Waals surface area contributed by atoms with Crippen LogP contribution in [-0.4, -0.2) is 29.8 Å². The number of rotatable bonds is 7. The molecule has 1 aliphatic heterocycles. The van der Waals surface area contributed by atoms with Crippen LogP contribution >= 0.6 is 34.4 Å². The first-order valence-corrected chi connectivity index (χ1v) is 10.8. The van der Waals surface area contributed by atoms with Gasteiger partial charge in [-0.25, -0.2) is 4.39 Å². The van der Waals surface area contributed by atoms with Crippen LogP contribution in [-0.2, 0) is 11.3 Å². The van der Waals surface area contributed by atoms with Gasteiger partial charge in [0.15, 0.2) is 11.5 Å². The SMILES string of the molecule is CCCOc1c(I)cc(/C=C2\SC(=O)N(Cc3ccccc3F)C2=O)cc1OC. The highest BCUT2D eigenvalue weighted by Crippen LogP contribution is 2.37. The minimum atomic E-state index is -0.447. The Kier molecular flexibility index (Phi) is 7.18. The second kappa shape index (κ2) is 9.62. The molecular formula is C21H19FINO4S. The van der Waals surface area contributed by atoms with Gasteiger partial charge in [0.2, 0.25) is 0 Å². The number of hydrogen-bond acceptors (Lipinski definition) is 5.